The Morgan fingerprint density at radius 2 is 2.17 bits per heavy atom. The maximum Gasteiger partial charge on any atom is 0.255 e. The fraction of sp³-hybridized carbons (Fsp3) is 0.227. The first kappa shape index (κ1) is 19.1. The number of aromatic nitrogens is 1. The number of carbonyl (C=O) groups is 2. The minimum absolute atomic E-state index is 0.0460. The first-order valence-corrected chi connectivity index (χ1v) is 10.1. The molecule has 148 valence electrons. The topological polar surface area (TPSA) is 71.5 Å². The number of nitrogens with zero attached hydrogens (tertiary/aromatic N) is 2. The van der Waals surface area contributed by atoms with Gasteiger partial charge in [0, 0.05) is 17.8 Å². The van der Waals surface area contributed by atoms with E-state index in [0.717, 1.165) is 10.2 Å². The fourth-order valence-electron chi connectivity index (χ4n) is 3.23. The van der Waals surface area contributed by atoms with Crippen LogP contribution in [0.5, 0.6) is 5.75 Å². The number of carbonyl (C=O) groups excluding carboxylic acids is 2. The lowest BCUT2D eigenvalue weighted by Gasteiger charge is -2.27. The van der Waals surface area contributed by atoms with Gasteiger partial charge in [0.15, 0.2) is 0 Å². The second-order valence-electron chi connectivity index (χ2n) is 7.55. The third kappa shape index (κ3) is 3.61. The summed E-state index contributed by atoms with van der Waals surface area (Å²) in [6.45, 7) is 8.12. The summed E-state index contributed by atoms with van der Waals surface area (Å²) in [6.07, 6.45) is 1.68. The zero-order valence-electron chi connectivity index (χ0n) is 16.3. The summed E-state index contributed by atoms with van der Waals surface area (Å²) in [6, 6.07) is 10.7. The standard InChI is InChI=1S/C22H21N3O3S/c1-4-9-25-17-11-15(6-8-18(17)28-12-22(2,3)21(25)27)24-20(26)14-5-7-16-19(10-14)29-13-23-16/h4-8,10-11,13H,1,9,12H2,2-3H3,(H,24,26). The molecule has 2 aromatic carbocycles. The van der Waals surface area contributed by atoms with E-state index in [0.29, 0.717) is 29.2 Å². The van der Waals surface area contributed by atoms with Crippen LogP contribution < -0.4 is 15.0 Å². The molecule has 1 aromatic heterocycles. The van der Waals surface area contributed by atoms with Crippen LogP contribution >= 0.6 is 11.3 Å². The normalized spacial score (nSPS) is 15.4. The smallest absolute Gasteiger partial charge is 0.255 e. The highest BCUT2D eigenvalue weighted by molar-refractivity contribution is 7.16. The van der Waals surface area contributed by atoms with Crippen LogP contribution in [0.3, 0.4) is 0 Å². The summed E-state index contributed by atoms with van der Waals surface area (Å²) in [5.41, 5.74) is 3.73. The predicted octanol–water partition coefficient (Wildman–Crippen LogP) is 4.49. The van der Waals surface area contributed by atoms with Gasteiger partial charge in [0.1, 0.15) is 12.4 Å². The van der Waals surface area contributed by atoms with E-state index in [4.69, 9.17) is 4.74 Å². The number of nitrogens with one attached hydrogen (secondary N) is 1. The molecule has 0 atom stereocenters. The Morgan fingerprint density at radius 1 is 1.34 bits per heavy atom. The van der Waals surface area contributed by atoms with Gasteiger partial charge >= 0.3 is 0 Å². The number of hydrogen-bond donors (Lipinski definition) is 1. The molecular formula is C22H21N3O3S. The van der Waals surface area contributed by atoms with Crippen molar-refractivity contribution in [2.75, 3.05) is 23.4 Å². The monoisotopic (exact) mass is 407 g/mol. The summed E-state index contributed by atoms with van der Waals surface area (Å²) >= 11 is 1.49. The van der Waals surface area contributed by atoms with E-state index in [2.05, 4.69) is 16.9 Å². The zero-order chi connectivity index (χ0) is 20.6. The van der Waals surface area contributed by atoms with Gasteiger partial charge in [-0.15, -0.1) is 17.9 Å². The van der Waals surface area contributed by atoms with Crippen molar-refractivity contribution in [1.29, 1.82) is 0 Å². The largest absolute Gasteiger partial charge is 0.490 e. The van der Waals surface area contributed by atoms with Crippen molar-refractivity contribution in [3.05, 3.63) is 60.1 Å². The molecule has 1 aliphatic rings. The van der Waals surface area contributed by atoms with E-state index in [1.54, 1.807) is 40.8 Å². The fourth-order valence-corrected chi connectivity index (χ4v) is 3.95. The molecule has 0 aliphatic carbocycles. The van der Waals surface area contributed by atoms with Crippen LogP contribution in [0.2, 0.25) is 0 Å². The number of rotatable bonds is 4. The molecule has 29 heavy (non-hydrogen) atoms. The molecule has 3 aromatic rings. The second-order valence-corrected chi connectivity index (χ2v) is 8.43. The molecule has 2 heterocycles. The summed E-state index contributed by atoms with van der Waals surface area (Å²) in [5.74, 6) is 0.335. The maximum absolute atomic E-state index is 13.0. The van der Waals surface area contributed by atoms with E-state index < -0.39 is 5.41 Å². The van der Waals surface area contributed by atoms with Crippen LogP contribution in [0.15, 0.2) is 54.6 Å². The number of fused-ring (bicyclic) bond motifs is 2. The minimum atomic E-state index is -0.657. The van der Waals surface area contributed by atoms with Gasteiger partial charge in [-0.3, -0.25) is 9.59 Å². The number of thiazole rings is 1. The number of hydrogen-bond acceptors (Lipinski definition) is 5. The van der Waals surface area contributed by atoms with Crippen molar-refractivity contribution >= 4 is 44.7 Å². The van der Waals surface area contributed by atoms with Crippen LogP contribution in [0, 0.1) is 5.41 Å². The van der Waals surface area contributed by atoms with Crippen molar-refractivity contribution in [2.45, 2.75) is 13.8 Å². The molecule has 1 aliphatic heterocycles. The van der Waals surface area contributed by atoms with E-state index in [1.807, 2.05) is 26.0 Å². The van der Waals surface area contributed by atoms with Gasteiger partial charge in [-0.1, -0.05) is 6.08 Å². The highest BCUT2D eigenvalue weighted by Crippen LogP contribution is 2.38. The van der Waals surface area contributed by atoms with E-state index in [9.17, 15) is 9.59 Å². The Morgan fingerprint density at radius 3 is 2.97 bits per heavy atom. The average molecular weight is 407 g/mol. The van der Waals surface area contributed by atoms with Gasteiger partial charge in [-0.25, -0.2) is 4.98 Å². The maximum atomic E-state index is 13.0. The van der Waals surface area contributed by atoms with E-state index in [-0.39, 0.29) is 18.4 Å². The minimum Gasteiger partial charge on any atom is -0.490 e. The van der Waals surface area contributed by atoms with Crippen molar-refractivity contribution in [3.63, 3.8) is 0 Å². The SMILES string of the molecule is C=CCN1C(=O)C(C)(C)COc2ccc(NC(=O)c3ccc4ncsc4c3)cc21. The molecular weight excluding hydrogens is 386 g/mol. The van der Waals surface area contributed by atoms with E-state index in [1.165, 1.54) is 11.3 Å². The summed E-state index contributed by atoms with van der Waals surface area (Å²) in [4.78, 5) is 31.6. The average Bonchev–Trinajstić information content (AvgIpc) is 3.15. The number of amides is 2. The van der Waals surface area contributed by atoms with Crippen LogP contribution in [0.4, 0.5) is 11.4 Å². The number of ether oxygens (including phenoxy) is 1. The van der Waals surface area contributed by atoms with Crippen LogP contribution in [-0.2, 0) is 4.79 Å². The highest BCUT2D eigenvalue weighted by Gasteiger charge is 2.37. The van der Waals surface area contributed by atoms with Crippen LogP contribution in [0.25, 0.3) is 10.2 Å². The molecule has 4 rings (SSSR count). The lowest BCUT2D eigenvalue weighted by Crippen LogP contribution is -2.42. The van der Waals surface area contributed by atoms with Gasteiger partial charge in [0.05, 0.1) is 26.8 Å². The molecule has 0 unspecified atom stereocenters. The molecule has 1 N–H and O–H groups in total. The molecule has 0 saturated carbocycles. The molecule has 7 heteroatoms. The molecule has 0 radical (unpaired) electrons. The van der Waals surface area contributed by atoms with Gasteiger partial charge in [-0.05, 0) is 50.2 Å². The Balaban J connectivity index is 1.64. The lowest BCUT2D eigenvalue weighted by atomic mass is 9.93. The zero-order valence-corrected chi connectivity index (χ0v) is 17.1. The van der Waals surface area contributed by atoms with Gasteiger partial charge in [0.2, 0.25) is 5.91 Å². The van der Waals surface area contributed by atoms with E-state index >= 15 is 0 Å². The van der Waals surface area contributed by atoms with Crippen LogP contribution in [0.1, 0.15) is 24.2 Å². The van der Waals surface area contributed by atoms with Crippen molar-refractivity contribution < 1.29 is 14.3 Å². The Hall–Kier alpha value is -3.19. The second kappa shape index (κ2) is 7.33. The molecule has 6 nitrogen and oxygen atoms in total. The third-order valence-corrected chi connectivity index (χ3v) is 5.62. The van der Waals surface area contributed by atoms with Crippen LogP contribution in [-0.4, -0.2) is 29.9 Å². The number of anilines is 2. The lowest BCUT2D eigenvalue weighted by molar-refractivity contribution is -0.127. The van der Waals surface area contributed by atoms with Gasteiger partial charge in [0.25, 0.3) is 5.91 Å². The van der Waals surface area contributed by atoms with Crippen molar-refractivity contribution in [2.24, 2.45) is 5.41 Å². The molecule has 0 fully saturated rings. The summed E-state index contributed by atoms with van der Waals surface area (Å²) in [7, 11) is 0. The van der Waals surface area contributed by atoms with Gasteiger partial charge < -0.3 is 15.0 Å². The Labute approximate surface area is 172 Å². The molecule has 0 saturated heterocycles. The molecule has 2 amide bonds. The molecule has 0 spiro atoms. The van der Waals surface area contributed by atoms with Gasteiger partial charge in [-0.2, -0.15) is 0 Å². The summed E-state index contributed by atoms with van der Waals surface area (Å²) < 4.78 is 6.84. The molecule has 0 bridgehead atoms. The quantitative estimate of drug-likeness (QED) is 0.647. The first-order valence-electron chi connectivity index (χ1n) is 9.23. The predicted molar refractivity (Wildman–Crippen MR) is 116 cm³/mol. The Bertz CT molecular complexity index is 1120. The summed E-state index contributed by atoms with van der Waals surface area (Å²) in [5, 5.41) is 2.91. The number of benzene rings is 2. The Kier molecular flexibility index (Phi) is 4.84. The third-order valence-electron chi connectivity index (χ3n) is 4.83. The first-order chi connectivity index (χ1) is 13.9. The highest BCUT2D eigenvalue weighted by atomic mass is 32.1. The van der Waals surface area contributed by atoms with Crippen molar-refractivity contribution in [1.82, 2.24) is 4.98 Å². The van der Waals surface area contributed by atoms with Crippen molar-refractivity contribution in [3.8, 4) is 5.75 Å².